The standard InChI is InChI=1S/C15H18O3/c1-2-3-4-5-6-9-13-15(17)14-11(16)8-7-10-12(14)18-13/h7-10,16H,2-6H2,1H3. The zero-order valence-electron chi connectivity index (χ0n) is 10.6. The van der Waals surface area contributed by atoms with Gasteiger partial charge in [0.15, 0.2) is 5.76 Å². The van der Waals surface area contributed by atoms with Gasteiger partial charge in [0.1, 0.15) is 17.1 Å². The summed E-state index contributed by atoms with van der Waals surface area (Å²) in [6.45, 7) is 2.17. The van der Waals surface area contributed by atoms with Gasteiger partial charge in [0.25, 0.3) is 0 Å². The lowest BCUT2D eigenvalue weighted by Crippen LogP contribution is -1.98. The number of rotatable bonds is 5. The minimum absolute atomic E-state index is 0.00752. The van der Waals surface area contributed by atoms with E-state index in [4.69, 9.17) is 4.74 Å². The van der Waals surface area contributed by atoms with Crippen LogP contribution in [0.3, 0.4) is 0 Å². The van der Waals surface area contributed by atoms with E-state index >= 15 is 0 Å². The Kier molecular flexibility index (Phi) is 4.03. The Morgan fingerprint density at radius 3 is 2.83 bits per heavy atom. The normalized spacial score (nSPS) is 15.8. The molecule has 0 aliphatic carbocycles. The molecule has 18 heavy (non-hydrogen) atoms. The van der Waals surface area contributed by atoms with Gasteiger partial charge < -0.3 is 9.84 Å². The molecule has 3 heteroatoms. The first-order valence-corrected chi connectivity index (χ1v) is 6.48. The number of benzene rings is 1. The highest BCUT2D eigenvalue weighted by atomic mass is 16.5. The summed E-state index contributed by atoms with van der Waals surface area (Å²) >= 11 is 0. The van der Waals surface area contributed by atoms with E-state index in [2.05, 4.69) is 6.92 Å². The zero-order chi connectivity index (χ0) is 13.0. The minimum Gasteiger partial charge on any atom is -0.507 e. The van der Waals surface area contributed by atoms with Gasteiger partial charge in [-0.05, 0) is 31.1 Å². The largest absolute Gasteiger partial charge is 0.507 e. The molecule has 0 atom stereocenters. The molecular weight excluding hydrogens is 228 g/mol. The fourth-order valence-corrected chi connectivity index (χ4v) is 2.06. The number of phenolic OH excluding ortho intramolecular Hbond substituents is 1. The number of phenols is 1. The van der Waals surface area contributed by atoms with E-state index in [9.17, 15) is 9.90 Å². The molecule has 0 unspecified atom stereocenters. The lowest BCUT2D eigenvalue weighted by molar-refractivity contribution is 0.101. The topological polar surface area (TPSA) is 46.5 Å². The van der Waals surface area contributed by atoms with E-state index < -0.39 is 0 Å². The van der Waals surface area contributed by atoms with Gasteiger partial charge in [-0.2, -0.15) is 0 Å². The lowest BCUT2D eigenvalue weighted by atomic mass is 10.1. The fraction of sp³-hybridized carbons (Fsp3) is 0.400. The van der Waals surface area contributed by atoms with Crippen LogP contribution in [0.1, 0.15) is 49.4 Å². The summed E-state index contributed by atoms with van der Waals surface area (Å²) in [6.07, 6.45) is 7.33. The van der Waals surface area contributed by atoms with E-state index in [0.29, 0.717) is 11.5 Å². The number of hydrogen-bond acceptors (Lipinski definition) is 3. The van der Waals surface area contributed by atoms with Crippen molar-refractivity contribution in [3.8, 4) is 11.5 Å². The van der Waals surface area contributed by atoms with Gasteiger partial charge in [-0.1, -0.05) is 32.3 Å². The molecule has 0 radical (unpaired) electrons. The van der Waals surface area contributed by atoms with Crippen LogP contribution < -0.4 is 4.74 Å². The number of allylic oxidation sites excluding steroid dienone is 2. The summed E-state index contributed by atoms with van der Waals surface area (Å²) in [4.78, 5) is 12.0. The average Bonchev–Trinajstić information content (AvgIpc) is 2.68. The number of carbonyl (C=O) groups excluding carboxylic acids is 1. The molecule has 0 spiro atoms. The summed E-state index contributed by atoms with van der Waals surface area (Å²) in [5.41, 5.74) is 0.289. The van der Waals surface area contributed by atoms with E-state index in [1.165, 1.54) is 25.3 Å². The number of aromatic hydroxyl groups is 1. The molecule has 0 aromatic heterocycles. The lowest BCUT2D eigenvalue weighted by Gasteiger charge is -1.98. The fourth-order valence-electron chi connectivity index (χ4n) is 2.06. The smallest absolute Gasteiger partial charge is 0.235 e. The molecule has 3 nitrogen and oxygen atoms in total. The quantitative estimate of drug-likeness (QED) is 0.634. The Morgan fingerprint density at radius 1 is 1.28 bits per heavy atom. The van der Waals surface area contributed by atoms with Crippen LogP contribution in [0.25, 0.3) is 0 Å². The van der Waals surface area contributed by atoms with Crippen LogP contribution >= 0.6 is 0 Å². The minimum atomic E-state index is -0.210. The summed E-state index contributed by atoms with van der Waals surface area (Å²) in [6, 6.07) is 4.88. The zero-order valence-corrected chi connectivity index (χ0v) is 10.6. The van der Waals surface area contributed by atoms with E-state index in [1.54, 1.807) is 12.1 Å². The Balaban J connectivity index is 2.01. The third-order valence-corrected chi connectivity index (χ3v) is 3.06. The molecule has 1 aromatic rings. The summed E-state index contributed by atoms with van der Waals surface area (Å²) in [7, 11) is 0. The van der Waals surface area contributed by atoms with Gasteiger partial charge in [-0.15, -0.1) is 0 Å². The maximum Gasteiger partial charge on any atom is 0.235 e. The van der Waals surface area contributed by atoms with Crippen molar-refractivity contribution in [1.29, 1.82) is 0 Å². The Labute approximate surface area is 107 Å². The maximum atomic E-state index is 12.0. The molecule has 0 amide bonds. The summed E-state index contributed by atoms with van der Waals surface area (Å²) in [5.74, 6) is 0.591. The number of carbonyl (C=O) groups is 1. The average molecular weight is 246 g/mol. The Hall–Kier alpha value is -1.77. The molecule has 2 rings (SSSR count). The molecule has 0 saturated heterocycles. The van der Waals surface area contributed by atoms with Crippen molar-refractivity contribution in [1.82, 2.24) is 0 Å². The van der Waals surface area contributed by atoms with Gasteiger partial charge in [0.05, 0.1) is 0 Å². The molecule has 96 valence electrons. The van der Waals surface area contributed by atoms with Crippen molar-refractivity contribution in [2.75, 3.05) is 0 Å². The van der Waals surface area contributed by atoms with Crippen molar-refractivity contribution in [3.05, 3.63) is 35.6 Å². The highest BCUT2D eigenvalue weighted by molar-refractivity contribution is 6.13. The van der Waals surface area contributed by atoms with Crippen LogP contribution in [0.2, 0.25) is 0 Å². The van der Waals surface area contributed by atoms with E-state index in [-0.39, 0.29) is 17.1 Å². The number of ether oxygens (including phenoxy) is 1. The predicted octanol–water partition coefficient (Wildman–Crippen LogP) is 3.82. The maximum absolute atomic E-state index is 12.0. The molecular formula is C15H18O3. The van der Waals surface area contributed by atoms with Crippen molar-refractivity contribution >= 4 is 5.78 Å². The van der Waals surface area contributed by atoms with Crippen LogP contribution in [0.15, 0.2) is 30.0 Å². The van der Waals surface area contributed by atoms with Crippen LogP contribution in [0.4, 0.5) is 0 Å². The first-order valence-electron chi connectivity index (χ1n) is 6.48. The number of Topliss-reactive ketones (excluding diaryl/α,β-unsaturated/α-hetero) is 1. The highest BCUT2D eigenvalue weighted by Crippen LogP contribution is 2.36. The Bertz CT molecular complexity index is 475. The highest BCUT2D eigenvalue weighted by Gasteiger charge is 2.29. The van der Waals surface area contributed by atoms with E-state index in [1.807, 2.05) is 6.08 Å². The van der Waals surface area contributed by atoms with Crippen molar-refractivity contribution in [2.24, 2.45) is 0 Å². The molecule has 1 aliphatic heterocycles. The van der Waals surface area contributed by atoms with Crippen LogP contribution in [0, 0.1) is 0 Å². The van der Waals surface area contributed by atoms with Crippen molar-refractivity contribution < 1.29 is 14.6 Å². The molecule has 1 heterocycles. The predicted molar refractivity (Wildman–Crippen MR) is 69.9 cm³/mol. The summed E-state index contributed by atoms with van der Waals surface area (Å²) in [5, 5.41) is 9.63. The van der Waals surface area contributed by atoms with Gasteiger partial charge >= 0.3 is 0 Å². The second-order valence-corrected chi connectivity index (χ2v) is 4.50. The van der Waals surface area contributed by atoms with Gasteiger partial charge in [0, 0.05) is 0 Å². The van der Waals surface area contributed by atoms with Crippen molar-refractivity contribution in [2.45, 2.75) is 39.0 Å². The van der Waals surface area contributed by atoms with Gasteiger partial charge in [-0.25, -0.2) is 0 Å². The third-order valence-electron chi connectivity index (χ3n) is 3.06. The molecule has 0 fully saturated rings. The second kappa shape index (κ2) is 5.71. The molecule has 0 saturated carbocycles. The van der Waals surface area contributed by atoms with Gasteiger partial charge in [0.2, 0.25) is 5.78 Å². The second-order valence-electron chi connectivity index (χ2n) is 4.50. The number of hydrogen-bond donors (Lipinski definition) is 1. The Morgan fingerprint density at radius 2 is 2.11 bits per heavy atom. The van der Waals surface area contributed by atoms with Crippen LogP contribution in [0.5, 0.6) is 11.5 Å². The number of ketones is 1. The first kappa shape index (κ1) is 12.7. The first-order chi connectivity index (χ1) is 8.74. The van der Waals surface area contributed by atoms with Crippen LogP contribution in [-0.4, -0.2) is 10.9 Å². The molecule has 1 aliphatic rings. The monoisotopic (exact) mass is 246 g/mol. The number of fused-ring (bicyclic) bond motifs is 1. The summed E-state index contributed by atoms with van der Waals surface area (Å²) < 4.78 is 5.46. The SMILES string of the molecule is CCCCCCC=C1Oc2cccc(O)c2C1=O. The van der Waals surface area contributed by atoms with Crippen LogP contribution in [-0.2, 0) is 0 Å². The third kappa shape index (κ3) is 2.55. The molecule has 0 bridgehead atoms. The number of unbranched alkanes of at least 4 members (excludes halogenated alkanes) is 4. The molecule has 1 N–H and O–H groups in total. The van der Waals surface area contributed by atoms with E-state index in [0.717, 1.165) is 12.8 Å². The van der Waals surface area contributed by atoms with Crippen molar-refractivity contribution in [3.63, 3.8) is 0 Å². The van der Waals surface area contributed by atoms with Gasteiger partial charge in [-0.3, -0.25) is 4.79 Å². The molecule has 1 aromatic carbocycles.